The van der Waals surface area contributed by atoms with Gasteiger partial charge in [-0.2, -0.15) is 0 Å². The molecule has 1 heterocycles. The fourth-order valence-corrected chi connectivity index (χ4v) is 1.92. The molecule has 0 atom stereocenters. The van der Waals surface area contributed by atoms with Gasteiger partial charge in [0.2, 0.25) is 0 Å². The van der Waals surface area contributed by atoms with Crippen LogP contribution in [0.1, 0.15) is 0 Å². The zero-order valence-corrected chi connectivity index (χ0v) is 10.8. The maximum absolute atomic E-state index is 5.86. The summed E-state index contributed by atoms with van der Waals surface area (Å²) in [5, 5.41) is 3.22. The van der Waals surface area contributed by atoms with Crippen molar-refractivity contribution in [3.8, 4) is 11.4 Å². The zero-order valence-electron chi connectivity index (χ0n) is 10.8. The summed E-state index contributed by atoms with van der Waals surface area (Å²) in [5.41, 5.74) is 7.76. The van der Waals surface area contributed by atoms with Gasteiger partial charge in [-0.05, 0) is 12.1 Å². The van der Waals surface area contributed by atoms with Gasteiger partial charge >= 0.3 is 0 Å². The fourth-order valence-electron chi connectivity index (χ4n) is 1.92. The van der Waals surface area contributed by atoms with Crippen LogP contribution in [0, 0.1) is 0 Å². The lowest BCUT2D eigenvalue weighted by Crippen LogP contribution is -2.00. The number of benzene rings is 2. The Morgan fingerprint density at radius 2 is 1.45 bits per heavy atom. The Bertz CT molecular complexity index is 696. The van der Waals surface area contributed by atoms with Crippen molar-refractivity contribution in [3.05, 3.63) is 66.7 Å². The summed E-state index contributed by atoms with van der Waals surface area (Å²) >= 11 is 0. The standard InChI is InChI=1S/C16H14N4/c17-14-11-15(18-13-9-5-2-6-10-13)20-16(19-14)12-7-3-1-4-8-12/h1-11H,(H3,17,18,19,20). The minimum absolute atomic E-state index is 0.442. The monoisotopic (exact) mass is 262 g/mol. The van der Waals surface area contributed by atoms with Crippen LogP contribution in [0.2, 0.25) is 0 Å². The molecule has 3 N–H and O–H groups in total. The number of nitrogens with one attached hydrogen (secondary N) is 1. The summed E-state index contributed by atoms with van der Waals surface area (Å²) in [5.74, 6) is 1.74. The summed E-state index contributed by atoms with van der Waals surface area (Å²) in [6.45, 7) is 0. The van der Waals surface area contributed by atoms with Crippen LogP contribution in [-0.2, 0) is 0 Å². The molecule has 0 aliphatic carbocycles. The lowest BCUT2D eigenvalue weighted by molar-refractivity contribution is 1.18. The first kappa shape index (κ1) is 12.2. The fraction of sp³-hybridized carbons (Fsp3) is 0. The molecule has 0 aliphatic heterocycles. The second-order valence-corrected chi connectivity index (χ2v) is 4.36. The second-order valence-electron chi connectivity index (χ2n) is 4.36. The summed E-state index contributed by atoms with van der Waals surface area (Å²) < 4.78 is 0. The van der Waals surface area contributed by atoms with E-state index in [9.17, 15) is 0 Å². The third-order valence-electron chi connectivity index (χ3n) is 2.82. The minimum atomic E-state index is 0.442. The van der Waals surface area contributed by atoms with E-state index in [4.69, 9.17) is 5.73 Å². The highest BCUT2D eigenvalue weighted by Crippen LogP contribution is 2.21. The van der Waals surface area contributed by atoms with Gasteiger partial charge in [0.05, 0.1) is 0 Å². The van der Waals surface area contributed by atoms with E-state index < -0.39 is 0 Å². The molecule has 98 valence electrons. The third kappa shape index (κ3) is 2.75. The Kier molecular flexibility index (Phi) is 3.29. The predicted molar refractivity (Wildman–Crippen MR) is 81.6 cm³/mol. The molecule has 0 fully saturated rings. The molecule has 3 aromatic rings. The van der Waals surface area contributed by atoms with E-state index in [0.717, 1.165) is 11.3 Å². The number of nitrogens with two attached hydrogens (primary N) is 1. The molecule has 0 bridgehead atoms. The van der Waals surface area contributed by atoms with Crippen molar-refractivity contribution in [2.45, 2.75) is 0 Å². The Balaban J connectivity index is 1.95. The summed E-state index contributed by atoms with van der Waals surface area (Å²) in [4.78, 5) is 8.77. The van der Waals surface area contributed by atoms with E-state index in [-0.39, 0.29) is 0 Å². The zero-order chi connectivity index (χ0) is 13.8. The molecule has 0 aliphatic rings. The molecule has 3 rings (SSSR count). The maximum atomic E-state index is 5.86. The van der Waals surface area contributed by atoms with Crippen LogP contribution in [0.25, 0.3) is 11.4 Å². The molecule has 0 spiro atoms. The first-order chi connectivity index (χ1) is 9.81. The van der Waals surface area contributed by atoms with E-state index >= 15 is 0 Å². The van der Waals surface area contributed by atoms with Crippen LogP contribution in [0.4, 0.5) is 17.3 Å². The molecule has 2 aromatic carbocycles. The molecule has 20 heavy (non-hydrogen) atoms. The average molecular weight is 262 g/mol. The van der Waals surface area contributed by atoms with Crippen molar-refractivity contribution in [2.24, 2.45) is 0 Å². The lowest BCUT2D eigenvalue weighted by atomic mass is 10.2. The molecule has 0 saturated heterocycles. The van der Waals surface area contributed by atoms with Gasteiger partial charge in [0.25, 0.3) is 0 Å². The van der Waals surface area contributed by atoms with Crippen LogP contribution in [0.3, 0.4) is 0 Å². The van der Waals surface area contributed by atoms with E-state index in [2.05, 4.69) is 15.3 Å². The van der Waals surface area contributed by atoms with Crippen molar-refractivity contribution in [1.82, 2.24) is 9.97 Å². The number of nitrogens with zero attached hydrogens (tertiary/aromatic N) is 2. The number of aromatic nitrogens is 2. The molecular weight excluding hydrogens is 248 g/mol. The molecule has 0 amide bonds. The number of anilines is 3. The highest BCUT2D eigenvalue weighted by Gasteiger charge is 2.05. The molecule has 4 nitrogen and oxygen atoms in total. The number of hydrogen-bond donors (Lipinski definition) is 2. The molecule has 0 radical (unpaired) electrons. The van der Waals surface area contributed by atoms with E-state index in [1.54, 1.807) is 6.07 Å². The van der Waals surface area contributed by atoms with Gasteiger partial charge in [-0.3, -0.25) is 0 Å². The minimum Gasteiger partial charge on any atom is -0.384 e. The van der Waals surface area contributed by atoms with Gasteiger partial charge < -0.3 is 11.1 Å². The highest BCUT2D eigenvalue weighted by molar-refractivity contribution is 5.64. The van der Waals surface area contributed by atoms with E-state index in [1.165, 1.54) is 0 Å². The molecule has 0 unspecified atom stereocenters. The number of hydrogen-bond acceptors (Lipinski definition) is 4. The molecular formula is C16H14N4. The van der Waals surface area contributed by atoms with Crippen LogP contribution in [-0.4, -0.2) is 9.97 Å². The van der Waals surface area contributed by atoms with Crippen molar-refractivity contribution >= 4 is 17.3 Å². The van der Waals surface area contributed by atoms with Gasteiger partial charge in [0.1, 0.15) is 11.6 Å². The maximum Gasteiger partial charge on any atom is 0.163 e. The van der Waals surface area contributed by atoms with Gasteiger partial charge in [-0.15, -0.1) is 0 Å². The van der Waals surface area contributed by atoms with Crippen LogP contribution in [0.5, 0.6) is 0 Å². The van der Waals surface area contributed by atoms with Crippen LogP contribution < -0.4 is 11.1 Å². The second kappa shape index (κ2) is 5.40. The van der Waals surface area contributed by atoms with Gasteiger partial charge in [-0.1, -0.05) is 48.5 Å². The Labute approximate surface area is 117 Å². The van der Waals surface area contributed by atoms with Gasteiger partial charge in [0, 0.05) is 17.3 Å². The summed E-state index contributed by atoms with van der Waals surface area (Å²) in [6, 6.07) is 21.3. The Hall–Kier alpha value is -2.88. The lowest BCUT2D eigenvalue weighted by Gasteiger charge is -2.08. The topological polar surface area (TPSA) is 63.8 Å². The van der Waals surface area contributed by atoms with Gasteiger partial charge in [0.15, 0.2) is 5.82 Å². The van der Waals surface area contributed by atoms with Crippen molar-refractivity contribution < 1.29 is 0 Å². The van der Waals surface area contributed by atoms with Crippen LogP contribution >= 0.6 is 0 Å². The van der Waals surface area contributed by atoms with Gasteiger partial charge in [-0.25, -0.2) is 9.97 Å². The SMILES string of the molecule is Nc1cc(Nc2ccccc2)nc(-c2ccccc2)n1. The number of nitrogen functional groups attached to an aromatic ring is 1. The molecule has 4 heteroatoms. The average Bonchev–Trinajstić information content (AvgIpc) is 2.49. The quantitative estimate of drug-likeness (QED) is 0.758. The number of para-hydroxylation sites is 1. The Morgan fingerprint density at radius 3 is 2.15 bits per heavy atom. The predicted octanol–water partition coefficient (Wildman–Crippen LogP) is 3.47. The van der Waals surface area contributed by atoms with E-state index in [0.29, 0.717) is 17.5 Å². The number of rotatable bonds is 3. The first-order valence-corrected chi connectivity index (χ1v) is 6.33. The molecule has 0 saturated carbocycles. The largest absolute Gasteiger partial charge is 0.384 e. The summed E-state index contributed by atoms with van der Waals surface area (Å²) in [7, 11) is 0. The normalized spacial score (nSPS) is 10.2. The van der Waals surface area contributed by atoms with E-state index in [1.807, 2.05) is 60.7 Å². The Morgan fingerprint density at radius 1 is 0.800 bits per heavy atom. The van der Waals surface area contributed by atoms with Crippen molar-refractivity contribution in [1.29, 1.82) is 0 Å². The molecule has 1 aromatic heterocycles. The van der Waals surface area contributed by atoms with Crippen molar-refractivity contribution in [2.75, 3.05) is 11.1 Å². The highest BCUT2D eigenvalue weighted by atomic mass is 15.0. The third-order valence-corrected chi connectivity index (χ3v) is 2.82. The van der Waals surface area contributed by atoms with Crippen molar-refractivity contribution in [3.63, 3.8) is 0 Å². The van der Waals surface area contributed by atoms with Crippen LogP contribution in [0.15, 0.2) is 66.7 Å². The first-order valence-electron chi connectivity index (χ1n) is 6.33. The summed E-state index contributed by atoms with van der Waals surface area (Å²) in [6.07, 6.45) is 0. The smallest absolute Gasteiger partial charge is 0.163 e.